The first-order valence-electron chi connectivity index (χ1n) is 8.55. The van der Waals surface area contributed by atoms with E-state index in [0.29, 0.717) is 16.8 Å². The standard InChI is InChI=1S/C18H22BF3N2O3/c1-16(2)17(3,4)27-19(26-16)14-9-23-24(11-14)10-12-8-13(18(20,21)22)6-7-15(12)25-5/h6-9,11H,10H2,1-5H3. The lowest BCUT2D eigenvalue weighted by atomic mass is 9.82. The van der Waals surface area contributed by atoms with E-state index < -0.39 is 30.1 Å². The topological polar surface area (TPSA) is 45.5 Å². The predicted molar refractivity (Wildman–Crippen MR) is 95.0 cm³/mol. The molecule has 0 N–H and O–H groups in total. The van der Waals surface area contributed by atoms with Crippen LogP contribution in [-0.2, 0) is 22.0 Å². The second kappa shape index (κ2) is 6.56. The number of methoxy groups -OCH3 is 1. The highest BCUT2D eigenvalue weighted by Gasteiger charge is 2.52. The highest BCUT2D eigenvalue weighted by atomic mass is 19.4. The molecule has 2 heterocycles. The zero-order chi connectivity index (χ0) is 20.0. The van der Waals surface area contributed by atoms with Crippen LogP contribution < -0.4 is 10.2 Å². The number of benzene rings is 1. The Kier molecular flexibility index (Phi) is 4.80. The Bertz CT molecular complexity index is 817. The molecule has 3 rings (SSSR count). The smallest absolute Gasteiger partial charge is 0.496 e. The number of hydrogen-bond acceptors (Lipinski definition) is 4. The van der Waals surface area contributed by atoms with E-state index in [1.165, 1.54) is 13.2 Å². The van der Waals surface area contributed by atoms with Gasteiger partial charge in [0.05, 0.1) is 30.4 Å². The van der Waals surface area contributed by atoms with Gasteiger partial charge < -0.3 is 14.0 Å². The summed E-state index contributed by atoms with van der Waals surface area (Å²) >= 11 is 0. The number of rotatable bonds is 4. The molecule has 0 atom stereocenters. The zero-order valence-corrected chi connectivity index (χ0v) is 15.9. The number of halogens is 3. The maximum atomic E-state index is 13.0. The summed E-state index contributed by atoms with van der Waals surface area (Å²) in [6.45, 7) is 7.93. The summed E-state index contributed by atoms with van der Waals surface area (Å²) < 4.78 is 57.7. The van der Waals surface area contributed by atoms with Crippen LogP contribution in [0.1, 0.15) is 38.8 Å². The van der Waals surface area contributed by atoms with Crippen molar-refractivity contribution in [1.82, 2.24) is 9.78 Å². The van der Waals surface area contributed by atoms with Crippen LogP contribution in [0.3, 0.4) is 0 Å². The second-order valence-electron chi connectivity index (χ2n) is 7.58. The third kappa shape index (κ3) is 3.84. The molecular formula is C18H22BF3N2O3. The molecule has 0 aliphatic carbocycles. The van der Waals surface area contributed by atoms with Crippen molar-refractivity contribution in [3.8, 4) is 5.75 Å². The van der Waals surface area contributed by atoms with E-state index in [-0.39, 0.29) is 6.54 Å². The summed E-state index contributed by atoms with van der Waals surface area (Å²) in [5.74, 6) is 0.371. The maximum Gasteiger partial charge on any atom is 0.498 e. The first-order valence-corrected chi connectivity index (χ1v) is 8.55. The van der Waals surface area contributed by atoms with Crippen molar-refractivity contribution >= 4 is 12.6 Å². The van der Waals surface area contributed by atoms with Crippen molar-refractivity contribution in [2.75, 3.05) is 7.11 Å². The van der Waals surface area contributed by atoms with Crippen LogP contribution in [0.15, 0.2) is 30.6 Å². The van der Waals surface area contributed by atoms with Gasteiger partial charge in [-0.15, -0.1) is 0 Å². The van der Waals surface area contributed by atoms with E-state index >= 15 is 0 Å². The molecule has 0 bridgehead atoms. The largest absolute Gasteiger partial charge is 0.498 e. The van der Waals surface area contributed by atoms with Gasteiger partial charge in [-0.2, -0.15) is 18.3 Å². The van der Waals surface area contributed by atoms with Gasteiger partial charge in [0, 0.05) is 23.4 Å². The minimum absolute atomic E-state index is 0.132. The summed E-state index contributed by atoms with van der Waals surface area (Å²) in [5, 5.41) is 4.24. The lowest BCUT2D eigenvalue weighted by molar-refractivity contribution is -0.137. The van der Waals surface area contributed by atoms with E-state index in [1.54, 1.807) is 17.1 Å². The predicted octanol–water partition coefficient (Wildman–Crippen LogP) is 3.26. The van der Waals surface area contributed by atoms with Crippen molar-refractivity contribution in [1.29, 1.82) is 0 Å². The lowest BCUT2D eigenvalue weighted by Crippen LogP contribution is -2.41. The molecule has 2 aromatic rings. The van der Waals surface area contributed by atoms with Crippen molar-refractivity contribution in [3.63, 3.8) is 0 Å². The molecule has 1 fully saturated rings. The highest BCUT2D eigenvalue weighted by Crippen LogP contribution is 2.36. The number of aromatic nitrogens is 2. The lowest BCUT2D eigenvalue weighted by Gasteiger charge is -2.32. The van der Waals surface area contributed by atoms with Crippen LogP contribution in [0.4, 0.5) is 13.2 Å². The molecule has 5 nitrogen and oxygen atoms in total. The molecule has 0 saturated carbocycles. The van der Waals surface area contributed by atoms with Crippen LogP contribution in [0.2, 0.25) is 0 Å². The SMILES string of the molecule is COc1ccc(C(F)(F)F)cc1Cn1cc(B2OC(C)(C)C(C)(C)O2)cn1. The second-order valence-corrected chi connectivity index (χ2v) is 7.58. The summed E-state index contributed by atoms with van der Waals surface area (Å²) in [6.07, 6.45) is -1.11. The maximum absolute atomic E-state index is 13.0. The Morgan fingerprint density at radius 1 is 1.15 bits per heavy atom. The van der Waals surface area contributed by atoms with Crippen molar-refractivity contribution < 1.29 is 27.2 Å². The van der Waals surface area contributed by atoms with E-state index in [2.05, 4.69) is 5.10 Å². The van der Waals surface area contributed by atoms with Gasteiger partial charge in [-0.1, -0.05) is 0 Å². The molecule has 0 radical (unpaired) electrons. The Morgan fingerprint density at radius 2 is 1.78 bits per heavy atom. The normalized spacial score (nSPS) is 18.7. The monoisotopic (exact) mass is 382 g/mol. The van der Waals surface area contributed by atoms with E-state index in [9.17, 15) is 13.2 Å². The molecule has 27 heavy (non-hydrogen) atoms. The van der Waals surface area contributed by atoms with Crippen molar-refractivity contribution in [2.45, 2.75) is 51.6 Å². The summed E-state index contributed by atoms with van der Waals surface area (Å²) in [4.78, 5) is 0. The van der Waals surface area contributed by atoms with Crippen LogP contribution in [-0.4, -0.2) is 35.2 Å². The van der Waals surface area contributed by atoms with Gasteiger partial charge in [0.1, 0.15) is 5.75 Å². The number of ether oxygens (including phenoxy) is 1. The van der Waals surface area contributed by atoms with Gasteiger partial charge in [0.15, 0.2) is 0 Å². The molecular weight excluding hydrogens is 360 g/mol. The van der Waals surface area contributed by atoms with E-state index in [0.717, 1.165) is 12.1 Å². The van der Waals surface area contributed by atoms with Crippen LogP contribution in [0, 0.1) is 0 Å². The fourth-order valence-corrected chi connectivity index (χ4v) is 2.82. The molecule has 1 saturated heterocycles. The molecule has 1 aliphatic rings. The van der Waals surface area contributed by atoms with Gasteiger partial charge >= 0.3 is 13.3 Å². The first kappa shape index (κ1) is 19.8. The fraction of sp³-hybridized carbons (Fsp3) is 0.500. The quantitative estimate of drug-likeness (QED) is 0.762. The Hall–Kier alpha value is -2.00. The fourth-order valence-electron chi connectivity index (χ4n) is 2.82. The molecule has 1 aliphatic heterocycles. The molecule has 0 amide bonds. The summed E-state index contributed by atoms with van der Waals surface area (Å²) in [5.41, 5.74) is -0.597. The van der Waals surface area contributed by atoms with Crippen LogP contribution in [0.25, 0.3) is 0 Å². The zero-order valence-electron chi connectivity index (χ0n) is 15.9. The van der Waals surface area contributed by atoms with Gasteiger partial charge in [-0.3, -0.25) is 4.68 Å². The molecule has 1 aromatic heterocycles. The number of alkyl halides is 3. The third-order valence-electron chi connectivity index (χ3n) is 5.12. The molecule has 1 aromatic carbocycles. The molecule has 0 unspecified atom stereocenters. The highest BCUT2D eigenvalue weighted by molar-refractivity contribution is 6.61. The van der Waals surface area contributed by atoms with E-state index in [1.807, 2.05) is 27.7 Å². The summed E-state index contributed by atoms with van der Waals surface area (Å²) in [7, 11) is 0.845. The van der Waals surface area contributed by atoms with Crippen molar-refractivity contribution in [2.24, 2.45) is 0 Å². The number of hydrogen-bond donors (Lipinski definition) is 0. The van der Waals surface area contributed by atoms with Gasteiger partial charge in [0.25, 0.3) is 0 Å². The Morgan fingerprint density at radius 3 is 2.33 bits per heavy atom. The Balaban J connectivity index is 1.83. The average Bonchev–Trinajstić information content (AvgIpc) is 3.09. The van der Waals surface area contributed by atoms with Crippen molar-refractivity contribution in [3.05, 3.63) is 41.7 Å². The van der Waals surface area contributed by atoms with Gasteiger partial charge in [-0.25, -0.2) is 0 Å². The minimum atomic E-state index is -4.42. The van der Waals surface area contributed by atoms with Gasteiger partial charge in [-0.05, 0) is 45.9 Å². The molecule has 9 heteroatoms. The Labute approximate surface area is 156 Å². The first-order chi connectivity index (χ1) is 12.4. The summed E-state index contributed by atoms with van der Waals surface area (Å²) in [6, 6.07) is 3.40. The third-order valence-corrected chi connectivity index (χ3v) is 5.12. The average molecular weight is 382 g/mol. The van der Waals surface area contributed by atoms with Crippen LogP contribution in [0.5, 0.6) is 5.75 Å². The number of nitrogens with zero attached hydrogens (tertiary/aromatic N) is 2. The van der Waals surface area contributed by atoms with Crippen LogP contribution >= 0.6 is 0 Å². The molecule has 0 spiro atoms. The van der Waals surface area contributed by atoms with E-state index in [4.69, 9.17) is 14.0 Å². The molecule has 146 valence electrons. The van der Waals surface area contributed by atoms with Gasteiger partial charge in [0.2, 0.25) is 0 Å². The minimum Gasteiger partial charge on any atom is -0.496 e.